The van der Waals surface area contributed by atoms with Gasteiger partial charge in [0.2, 0.25) is 0 Å². The minimum atomic E-state index is -4.62. The average Bonchev–Trinajstić information content (AvgIpc) is 2.23. The van der Waals surface area contributed by atoms with E-state index in [0.717, 1.165) is 0 Å². The highest BCUT2D eigenvalue weighted by Gasteiger charge is 2.28. The first-order chi connectivity index (χ1) is 7.90. The van der Waals surface area contributed by atoms with Gasteiger partial charge >= 0.3 is 6.36 Å². The zero-order valence-corrected chi connectivity index (χ0v) is 9.22. The van der Waals surface area contributed by atoms with Gasteiger partial charge < -0.3 is 5.32 Å². The maximum absolute atomic E-state index is 13.3. The summed E-state index contributed by atoms with van der Waals surface area (Å²) in [6.07, 6.45) is -4.62. The monoisotopic (exact) mass is 251 g/mol. The summed E-state index contributed by atoms with van der Waals surface area (Å²) in [5.74, 6) is -0.385. The second-order valence-electron chi connectivity index (χ2n) is 3.49. The molecule has 1 unspecified atom stereocenters. The van der Waals surface area contributed by atoms with Crippen molar-refractivity contribution in [3.63, 3.8) is 0 Å². The molecule has 0 aliphatic heterocycles. The SMILES string of the molecule is CC(NCCOC(F)(F)F)c1ccccc1F. The Hall–Kier alpha value is -1.14. The van der Waals surface area contributed by atoms with Crippen molar-refractivity contribution in [2.75, 3.05) is 13.2 Å². The maximum Gasteiger partial charge on any atom is 0.522 e. The summed E-state index contributed by atoms with van der Waals surface area (Å²) in [7, 11) is 0. The predicted octanol–water partition coefficient (Wildman–Crippen LogP) is 3.01. The molecule has 1 atom stereocenters. The van der Waals surface area contributed by atoms with Gasteiger partial charge in [-0.3, -0.25) is 4.74 Å². The molecule has 0 aromatic heterocycles. The fourth-order valence-electron chi connectivity index (χ4n) is 1.38. The third-order valence-corrected chi connectivity index (χ3v) is 2.19. The Morgan fingerprint density at radius 2 is 1.94 bits per heavy atom. The molecule has 0 aliphatic rings. The lowest BCUT2D eigenvalue weighted by molar-refractivity contribution is -0.323. The molecule has 1 aromatic carbocycles. The molecule has 0 heterocycles. The van der Waals surface area contributed by atoms with E-state index in [1.54, 1.807) is 25.1 Å². The minimum absolute atomic E-state index is 0.00495. The first-order valence-corrected chi connectivity index (χ1v) is 5.08. The van der Waals surface area contributed by atoms with E-state index in [0.29, 0.717) is 5.56 Å². The van der Waals surface area contributed by atoms with E-state index >= 15 is 0 Å². The van der Waals surface area contributed by atoms with Crippen LogP contribution in [-0.4, -0.2) is 19.5 Å². The van der Waals surface area contributed by atoms with Crippen LogP contribution in [0.4, 0.5) is 17.6 Å². The number of ether oxygens (including phenoxy) is 1. The van der Waals surface area contributed by atoms with Crippen LogP contribution in [0.15, 0.2) is 24.3 Å². The molecule has 6 heteroatoms. The Kier molecular flexibility index (Phi) is 4.89. The molecule has 1 aromatic rings. The quantitative estimate of drug-likeness (QED) is 0.641. The number of hydrogen-bond donors (Lipinski definition) is 1. The summed E-state index contributed by atoms with van der Waals surface area (Å²) < 4.78 is 51.8. The van der Waals surface area contributed by atoms with Gasteiger partial charge in [-0.05, 0) is 13.0 Å². The van der Waals surface area contributed by atoms with Gasteiger partial charge in [-0.15, -0.1) is 13.2 Å². The number of benzene rings is 1. The van der Waals surface area contributed by atoms with Gasteiger partial charge in [0.15, 0.2) is 0 Å². The Morgan fingerprint density at radius 3 is 2.53 bits per heavy atom. The van der Waals surface area contributed by atoms with Gasteiger partial charge in [0, 0.05) is 18.2 Å². The summed E-state index contributed by atoms with van der Waals surface area (Å²) in [6, 6.07) is 5.74. The fourth-order valence-corrected chi connectivity index (χ4v) is 1.38. The smallest absolute Gasteiger partial charge is 0.308 e. The van der Waals surface area contributed by atoms with Crippen LogP contribution in [-0.2, 0) is 4.74 Å². The van der Waals surface area contributed by atoms with Crippen LogP contribution < -0.4 is 5.32 Å². The number of halogens is 4. The number of nitrogens with one attached hydrogen (secondary N) is 1. The molecule has 0 saturated carbocycles. The van der Waals surface area contributed by atoms with Crippen LogP contribution in [0.3, 0.4) is 0 Å². The third kappa shape index (κ3) is 5.14. The number of rotatable bonds is 5. The van der Waals surface area contributed by atoms with Crippen molar-refractivity contribution >= 4 is 0 Å². The molecule has 0 radical (unpaired) electrons. The van der Waals surface area contributed by atoms with Crippen LogP contribution in [0.25, 0.3) is 0 Å². The van der Waals surface area contributed by atoms with Gasteiger partial charge in [-0.25, -0.2) is 4.39 Å². The van der Waals surface area contributed by atoms with Crippen molar-refractivity contribution in [1.82, 2.24) is 5.32 Å². The molecular formula is C11H13F4NO. The highest BCUT2D eigenvalue weighted by atomic mass is 19.4. The largest absolute Gasteiger partial charge is 0.522 e. The van der Waals surface area contributed by atoms with Crippen LogP contribution in [0.5, 0.6) is 0 Å². The lowest BCUT2D eigenvalue weighted by Gasteiger charge is -2.15. The van der Waals surface area contributed by atoms with E-state index in [9.17, 15) is 17.6 Å². The lowest BCUT2D eigenvalue weighted by atomic mass is 10.1. The van der Waals surface area contributed by atoms with Crippen molar-refractivity contribution in [3.8, 4) is 0 Å². The van der Waals surface area contributed by atoms with E-state index in [2.05, 4.69) is 10.1 Å². The molecule has 0 bridgehead atoms. The first-order valence-electron chi connectivity index (χ1n) is 5.08. The zero-order chi connectivity index (χ0) is 12.9. The number of hydrogen-bond acceptors (Lipinski definition) is 2. The van der Waals surface area contributed by atoms with Gasteiger partial charge in [-0.1, -0.05) is 18.2 Å². The average molecular weight is 251 g/mol. The van der Waals surface area contributed by atoms with Crippen LogP contribution in [0.1, 0.15) is 18.5 Å². The predicted molar refractivity (Wildman–Crippen MR) is 54.8 cm³/mol. The molecule has 2 nitrogen and oxygen atoms in total. The molecule has 0 amide bonds. The molecule has 0 fully saturated rings. The highest BCUT2D eigenvalue weighted by Crippen LogP contribution is 2.17. The molecule has 1 rings (SSSR count). The van der Waals surface area contributed by atoms with Gasteiger partial charge in [-0.2, -0.15) is 0 Å². The molecule has 0 aliphatic carbocycles. The zero-order valence-electron chi connectivity index (χ0n) is 9.22. The van der Waals surface area contributed by atoms with Crippen molar-refractivity contribution in [2.24, 2.45) is 0 Å². The summed E-state index contributed by atoms with van der Waals surface area (Å²) >= 11 is 0. The molecule has 96 valence electrons. The Morgan fingerprint density at radius 1 is 1.29 bits per heavy atom. The van der Waals surface area contributed by atoms with E-state index in [4.69, 9.17) is 0 Å². The molecule has 17 heavy (non-hydrogen) atoms. The topological polar surface area (TPSA) is 21.3 Å². The van der Waals surface area contributed by atoms with E-state index in [1.165, 1.54) is 6.07 Å². The maximum atomic E-state index is 13.3. The van der Waals surface area contributed by atoms with Gasteiger partial charge in [0.25, 0.3) is 0 Å². The van der Waals surface area contributed by atoms with Crippen molar-refractivity contribution in [2.45, 2.75) is 19.3 Å². The van der Waals surface area contributed by atoms with Crippen molar-refractivity contribution in [1.29, 1.82) is 0 Å². The molecule has 0 saturated heterocycles. The van der Waals surface area contributed by atoms with E-state index in [-0.39, 0.29) is 18.4 Å². The third-order valence-electron chi connectivity index (χ3n) is 2.19. The molecule has 0 spiro atoms. The second-order valence-corrected chi connectivity index (χ2v) is 3.49. The normalized spacial score (nSPS) is 13.7. The van der Waals surface area contributed by atoms with Crippen LogP contribution in [0, 0.1) is 5.82 Å². The van der Waals surface area contributed by atoms with E-state index < -0.39 is 13.0 Å². The lowest BCUT2D eigenvalue weighted by Crippen LogP contribution is -2.26. The Labute approximate surface area is 96.6 Å². The van der Waals surface area contributed by atoms with Gasteiger partial charge in [0.05, 0.1) is 6.61 Å². The minimum Gasteiger partial charge on any atom is -0.308 e. The summed E-state index contributed by atoms with van der Waals surface area (Å²) in [5, 5.41) is 2.75. The summed E-state index contributed by atoms with van der Waals surface area (Å²) in [5.41, 5.74) is 0.416. The second kappa shape index (κ2) is 5.97. The van der Waals surface area contributed by atoms with Gasteiger partial charge in [0.1, 0.15) is 5.82 Å². The standard InChI is InChI=1S/C11H13F4NO/c1-8(9-4-2-3-5-10(9)12)16-6-7-17-11(13,14)15/h2-5,8,16H,6-7H2,1H3. The fraction of sp³-hybridized carbons (Fsp3) is 0.455. The first kappa shape index (κ1) is 13.9. The number of alkyl halides is 3. The Bertz CT molecular complexity index is 354. The van der Waals surface area contributed by atoms with Crippen LogP contribution in [0.2, 0.25) is 0 Å². The van der Waals surface area contributed by atoms with Crippen molar-refractivity contribution in [3.05, 3.63) is 35.6 Å². The Balaban J connectivity index is 2.36. The van der Waals surface area contributed by atoms with Crippen molar-refractivity contribution < 1.29 is 22.3 Å². The van der Waals surface area contributed by atoms with E-state index in [1.807, 2.05) is 0 Å². The molecular weight excluding hydrogens is 238 g/mol. The van der Waals surface area contributed by atoms with Crippen LogP contribution >= 0.6 is 0 Å². The highest BCUT2D eigenvalue weighted by molar-refractivity contribution is 5.20. The summed E-state index contributed by atoms with van der Waals surface area (Å²) in [6.45, 7) is 1.17. The molecule has 1 N–H and O–H groups in total. The summed E-state index contributed by atoms with van der Waals surface area (Å²) in [4.78, 5) is 0.